The number of hydrogen-bond donors (Lipinski definition) is 3. The first-order valence-electron chi connectivity index (χ1n) is 15.3. The number of aromatic nitrogens is 4. The number of rotatable bonds is 11. The van der Waals surface area contributed by atoms with Gasteiger partial charge in [-0.05, 0) is 53.5 Å². The first kappa shape index (κ1) is 35.3. The van der Waals surface area contributed by atoms with Gasteiger partial charge in [-0.25, -0.2) is 4.98 Å². The van der Waals surface area contributed by atoms with Gasteiger partial charge in [0, 0.05) is 43.4 Å². The lowest BCUT2D eigenvalue weighted by Gasteiger charge is -2.36. The molecule has 1 aliphatic heterocycles. The smallest absolute Gasteiger partial charge is 0.415 e. The second-order valence-corrected chi connectivity index (χ2v) is 19.2. The number of fused-ring (bicyclic) bond motifs is 1. The van der Waals surface area contributed by atoms with Crippen molar-refractivity contribution in [2.45, 2.75) is 64.3 Å². The third-order valence-corrected chi connectivity index (χ3v) is 13.9. The van der Waals surface area contributed by atoms with E-state index in [2.05, 4.69) is 54.5 Å². The average molecular weight is 702 g/mol. The van der Waals surface area contributed by atoms with Crippen LogP contribution >= 0.6 is 8.03 Å². The van der Waals surface area contributed by atoms with Crippen molar-refractivity contribution in [2.75, 3.05) is 24.3 Å². The molecule has 0 spiro atoms. The van der Waals surface area contributed by atoms with Gasteiger partial charge < -0.3 is 24.9 Å². The number of nitrogens with one attached hydrogen (secondary N) is 2. The van der Waals surface area contributed by atoms with Crippen LogP contribution in [-0.2, 0) is 34.4 Å². The van der Waals surface area contributed by atoms with Gasteiger partial charge in [-0.15, -0.1) is 0 Å². The summed E-state index contributed by atoms with van der Waals surface area (Å²) in [5.74, 6) is -0.990. The number of benzene rings is 2. The van der Waals surface area contributed by atoms with Crippen molar-refractivity contribution >= 4 is 45.4 Å². The average Bonchev–Trinajstić information content (AvgIpc) is 3.57. The number of amides is 1. The zero-order chi connectivity index (χ0) is 35.0. The fraction of sp³-hybridized carbons (Fsp3) is 0.375. The normalized spacial score (nSPS) is 14.3. The predicted molar refractivity (Wildman–Crippen MR) is 182 cm³/mol. The fourth-order valence-electron chi connectivity index (χ4n) is 5.02. The molecule has 0 radical (unpaired) electrons. The summed E-state index contributed by atoms with van der Waals surface area (Å²) < 4.78 is 61.5. The molecule has 16 heteroatoms. The Labute approximate surface area is 278 Å². The molecule has 3 N–H and O–H groups in total. The molecular weight excluding hydrogens is 662 g/mol. The number of alkyl halides is 3. The van der Waals surface area contributed by atoms with Crippen LogP contribution < -0.4 is 10.6 Å². The maximum atomic E-state index is 14.1. The molecule has 2 aromatic heterocycles. The molecular formula is C32H39F3N7O4PSi. The molecule has 3 heterocycles. The molecule has 4 aromatic rings. The number of carbonyl (C=O) groups excluding carboxylic acids is 1. The summed E-state index contributed by atoms with van der Waals surface area (Å²) >= 11 is 0. The second kappa shape index (κ2) is 13.5. The SMILES string of the molecule is CN1Cc2c(-c3ccn(CCO[Si](C)(C)C(C)(C)C)n3)ccc(Nc3nc(Nc4ccc(C[PH](=O)O)cc4)ncc3C(F)(F)F)c2C1=O. The maximum absolute atomic E-state index is 14.1. The van der Waals surface area contributed by atoms with Crippen LogP contribution in [0.25, 0.3) is 11.3 Å². The number of nitrogens with zero attached hydrogens (tertiary/aromatic N) is 5. The van der Waals surface area contributed by atoms with E-state index in [9.17, 15) is 22.5 Å². The molecule has 0 saturated carbocycles. The Balaban J connectivity index is 1.42. The Kier molecular flexibility index (Phi) is 9.89. The number of anilines is 4. The lowest BCUT2D eigenvalue weighted by atomic mass is 9.99. The number of hydrogen-bond acceptors (Lipinski definition) is 8. The van der Waals surface area contributed by atoms with E-state index in [4.69, 9.17) is 14.4 Å². The topological polar surface area (TPSA) is 134 Å². The molecule has 0 bridgehead atoms. The van der Waals surface area contributed by atoms with Crippen LogP contribution in [0.4, 0.5) is 36.3 Å². The molecule has 2 aromatic carbocycles. The van der Waals surface area contributed by atoms with Crippen molar-refractivity contribution in [3.05, 3.63) is 77.1 Å². The van der Waals surface area contributed by atoms with E-state index in [0.717, 1.165) is 0 Å². The van der Waals surface area contributed by atoms with E-state index in [0.29, 0.717) is 47.4 Å². The standard InChI is InChI=1S/C32H39F3N7O4PSi/c1-31(2,3)48(5,6)46-16-15-42-14-13-25(40-42)22-11-12-26(27-23(22)18-41(4)29(27)43)38-28-24(32(33,34)35)17-36-30(39-28)37-21-9-7-20(8-10-21)19-47(44)45/h7-14,17,47H,15-16,18-19H2,1-6H3,(H,44,45)(H2,36,37,38,39). The Morgan fingerprint density at radius 2 is 1.77 bits per heavy atom. The first-order chi connectivity index (χ1) is 22.4. The summed E-state index contributed by atoms with van der Waals surface area (Å²) in [6.07, 6.45) is -2.25. The summed E-state index contributed by atoms with van der Waals surface area (Å²) in [5.41, 5.74) is 2.39. The molecule has 256 valence electrons. The minimum Gasteiger partial charge on any atom is -0.415 e. The first-order valence-corrected chi connectivity index (χ1v) is 19.8. The molecule has 0 fully saturated rings. The highest BCUT2D eigenvalue weighted by Gasteiger charge is 2.38. The summed E-state index contributed by atoms with van der Waals surface area (Å²) in [4.78, 5) is 32.0. The summed E-state index contributed by atoms with van der Waals surface area (Å²) in [6.45, 7) is 12.2. The summed E-state index contributed by atoms with van der Waals surface area (Å²) in [7, 11) is -2.99. The van der Waals surface area contributed by atoms with E-state index >= 15 is 0 Å². The van der Waals surface area contributed by atoms with Gasteiger partial charge in [-0.3, -0.25) is 14.0 Å². The van der Waals surface area contributed by atoms with Crippen LogP contribution in [0.2, 0.25) is 18.1 Å². The van der Waals surface area contributed by atoms with Crippen LogP contribution in [0.15, 0.2) is 54.9 Å². The monoisotopic (exact) mass is 701 g/mol. The van der Waals surface area contributed by atoms with Gasteiger partial charge in [0.2, 0.25) is 5.95 Å². The van der Waals surface area contributed by atoms with Gasteiger partial charge in [0.25, 0.3) is 5.91 Å². The highest BCUT2D eigenvalue weighted by Crippen LogP contribution is 2.40. The third kappa shape index (κ3) is 7.81. The summed E-state index contributed by atoms with van der Waals surface area (Å²) in [6, 6.07) is 11.6. The Morgan fingerprint density at radius 3 is 2.42 bits per heavy atom. The predicted octanol–water partition coefficient (Wildman–Crippen LogP) is 7.42. The van der Waals surface area contributed by atoms with Crippen LogP contribution in [0.1, 0.15) is 47.8 Å². The van der Waals surface area contributed by atoms with E-state index in [1.165, 1.54) is 4.90 Å². The van der Waals surface area contributed by atoms with Crippen molar-refractivity contribution in [1.82, 2.24) is 24.6 Å². The molecule has 5 rings (SSSR count). The Hall–Kier alpha value is -4.04. The maximum Gasteiger partial charge on any atom is 0.421 e. The molecule has 1 unspecified atom stereocenters. The second-order valence-electron chi connectivity index (χ2n) is 13.2. The Bertz CT molecular complexity index is 1840. The van der Waals surface area contributed by atoms with E-state index < -0.39 is 33.9 Å². The van der Waals surface area contributed by atoms with Gasteiger partial charge in [-0.2, -0.15) is 23.3 Å². The Morgan fingerprint density at radius 1 is 1.06 bits per heavy atom. The van der Waals surface area contributed by atoms with Crippen molar-refractivity contribution in [3.63, 3.8) is 0 Å². The van der Waals surface area contributed by atoms with Crippen molar-refractivity contribution < 1.29 is 31.9 Å². The largest absolute Gasteiger partial charge is 0.421 e. The minimum absolute atomic E-state index is 0.0150. The molecule has 48 heavy (non-hydrogen) atoms. The van der Waals surface area contributed by atoms with Crippen LogP contribution in [0, 0.1) is 0 Å². The molecule has 1 amide bonds. The van der Waals surface area contributed by atoms with E-state index in [1.54, 1.807) is 48.1 Å². The zero-order valence-electron chi connectivity index (χ0n) is 27.6. The molecule has 11 nitrogen and oxygen atoms in total. The molecule has 1 aliphatic rings. The number of carbonyl (C=O) groups is 1. The summed E-state index contributed by atoms with van der Waals surface area (Å²) in [5, 5.41) is 10.4. The van der Waals surface area contributed by atoms with Gasteiger partial charge >= 0.3 is 6.18 Å². The van der Waals surface area contributed by atoms with E-state index in [1.807, 2.05) is 12.3 Å². The minimum atomic E-state index is -4.78. The highest BCUT2D eigenvalue weighted by molar-refractivity contribution is 7.37. The third-order valence-electron chi connectivity index (χ3n) is 8.69. The van der Waals surface area contributed by atoms with Crippen molar-refractivity contribution in [2.24, 2.45) is 0 Å². The van der Waals surface area contributed by atoms with Gasteiger partial charge in [0.15, 0.2) is 16.3 Å². The van der Waals surface area contributed by atoms with Crippen molar-refractivity contribution in [3.8, 4) is 11.3 Å². The van der Waals surface area contributed by atoms with Gasteiger partial charge in [0.05, 0.1) is 30.1 Å². The molecule has 0 aliphatic carbocycles. The van der Waals surface area contributed by atoms with Crippen LogP contribution in [0.3, 0.4) is 0 Å². The van der Waals surface area contributed by atoms with E-state index in [-0.39, 0.29) is 40.9 Å². The lowest BCUT2D eigenvalue weighted by Crippen LogP contribution is -2.41. The number of halogens is 3. The fourth-order valence-corrected chi connectivity index (χ4v) is 6.64. The van der Waals surface area contributed by atoms with Crippen LogP contribution in [0.5, 0.6) is 0 Å². The van der Waals surface area contributed by atoms with Gasteiger partial charge in [0.1, 0.15) is 11.4 Å². The van der Waals surface area contributed by atoms with Crippen LogP contribution in [-0.4, -0.2) is 57.4 Å². The molecule has 1 atom stereocenters. The molecule has 0 saturated heterocycles. The van der Waals surface area contributed by atoms with Crippen molar-refractivity contribution in [1.29, 1.82) is 0 Å². The van der Waals surface area contributed by atoms with Gasteiger partial charge in [-0.1, -0.05) is 39.0 Å². The quantitative estimate of drug-likeness (QED) is 0.108. The lowest BCUT2D eigenvalue weighted by molar-refractivity contribution is -0.137. The zero-order valence-corrected chi connectivity index (χ0v) is 29.6. The highest BCUT2D eigenvalue weighted by atomic mass is 31.1.